The minimum absolute atomic E-state index is 0.0603. The maximum absolute atomic E-state index is 12.4. The molecule has 154 valence electrons. The fourth-order valence-electron chi connectivity index (χ4n) is 2.59. The molecule has 0 atom stereocenters. The zero-order valence-corrected chi connectivity index (χ0v) is 16.8. The molecule has 2 aromatic carbocycles. The summed E-state index contributed by atoms with van der Waals surface area (Å²) in [6.45, 7) is 0. The van der Waals surface area contributed by atoms with Crippen LogP contribution in [0.2, 0.25) is 0 Å². The Balaban J connectivity index is 2.22. The van der Waals surface area contributed by atoms with Gasteiger partial charge in [0.25, 0.3) is 11.6 Å². The molecule has 0 saturated heterocycles. The molecular formula is C19H22N4O6. The monoisotopic (exact) mass is 402 g/mol. The van der Waals surface area contributed by atoms with Crippen LogP contribution in [0.5, 0.6) is 17.2 Å². The third kappa shape index (κ3) is 4.92. The van der Waals surface area contributed by atoms with Gasteiger partial charge in [-0.15, -0.1) is 0 Å². The number of hydrazone groups is 1. The van der Waals surface area contributed by atoms with E-state index in [4.69, 9.17) is 14.2 Å². The van der Waals surface area contributed by atoms with E-state index in [1.54, 1.807) is 31.1 Å². The Morgan fingerprint density at radius 3 is 2.21 bits per heavy atom. The SMILES string of the molecule is COc1cc(C(=O)N/N=C/c2ccc(N(C)C)c([N+](=O)[O-])c2)cc(OC)c1OC. The topological polar surface area (TPSA) is 116 Å². The first-order chi connectivity index (χ1) is 13.8. The second-order valence-corrected chi connectivity index (χ2v) is 6.01. The third-order valence-electron chi connectivity index (χ3n) is 3.98. The van der Waals surface area contributed by atoms with Gasteiger partial charge in [0, 0.05) is 31.3 Å². The van der Waals surface area contributed by atoms with Crippen LogP contribution in [0.3, 0.4) is 0 Å². The molecule has 0 bridgehead atoms. The van der Waals surface area contributed by atoms with Crippen LogP contribution >= 0.6 is 0 Å². The minimum atomic E-state index is -0.514. The molecule has 2 aromatic rings. The van der Waals surface area contributed by atoms with Crippen molar-refractivity contribution in [1.82, 2.24) is 5.43 Å². The standard InChI is InChI=1S/C19H22N4O6/c1-22(2)14-7-6-12(8-15(14)23(25)26)11-20-21-19(24)13-9-16(27-3)18(29-5)17(10-13)28-4/h6-11H,1-5H3,(H,21,24)/b20-11+. The van der Waals surface area contributed by atoms with Gasteiger partial charge in [0.2, 0.25) is 5.75 Å². The summed E-state index contributed by atoms with van der Waals surface area (Å²) in [5.74, 6) is 0.509. The van der Waals surface area contributed by atoms with Crippen molar-refractivity contribution in [1.29, 1.82) is 0 Å². The number of anilines is 1. The van der Waals surface area contributed by atoms with Gasteiger partial charge in [-0.05, 0) is 18.2 Å². The summed E-state index contributed by atoms with van der Waals surface area (Å²) in [5.41, 5.74) is 3.48. The highest BCUT2D eigenvalue weighted by Crippen LogP contribution is 2.38. The van der Waals surface area contributed by atoms with Gasteiger partial charge in [-0.3, -0.25) is 14.9 Å². The zero-order valence-electron chi connectivity index (χ0n) is 16.8. The lowest BCUT2D eigenvalue weighted by Gasteiger charge is -2.13. The number of amides is 1. The Morgan fingerprint density at radius 2 is 1.72 bits per heavy atom. The number of ether oxygens (including phenoxy) is 3. The fourth-order valence-corrected chi connectivity index (χ4v) is 2.59. The average Bonchev–Trinajstić information content (AvgIpc) is 2.71. The van der Waals surface area contributed by atoms with Crippen LogP contribution in [0.15, 0.2) is 35.4 Å². The number of rotatable bonds is 8. The van der Waals surface area contributed by atoms with E-state index in [0.717, 1.165) is 0 Å². The second kappa shape index (κ2) is 9.40. The Morgan fingerprint density at radius 1 is 1.10 bits per heavy atom. The first-order valence-corrected chi connectivity index (χ1v) is 8.41. The van der Waals surface area contributed by atoms with Crippen molar-refractivity contribution in [2.75, 3.05) is 40.3 Å². The molecule has 1 amide bonds. The van der Waals surface area contributed by atoms with Gasteiger partial charge in [0.1, 0.15) is 5.69 Å². The Kier molecular flexibility index (Phi) is 6.96. The Labute approximate surface area is 167 Å². The van der Waals surface area contributed by atoms with E-state index in [0.29, 0.717) is 28.5 Å². The summed E-state index contributed by atoms with van der Waals surface area (Å²) < 4.78 is 15.7. The molecule has 0 aromatic heterocycles. The molecule has 0 heterocycles. The van der Waals surface area contributed by atoms with E-state index in [-0.39, 0.29) is 11.3 Å². The molecule has 0 aliphatic rings. The summed E-state index contributed by atoms with van der Waals surface area (Å²) in [7, 11) is 7.79. The van der Waals surface area contributed by atoms with Crippen molar-refractivity contribution in [3.05, 3.63) is 51.6 Å². The number of hydrogen-bond acceptors (Lipinski definition) is 8. The number of nitro groups is 1. The molecule has 29 heavy (non-hydrogen) atoms. The molecule has 0 aliphatic carbocycles. The molecule has 0 radical (unpaired) electrons. The summed E-state index contributed by atoms with van der Waals surface area (Å²) in [4.78, 5) is 24.8. The Bertz CT molecular complexity index is 917. The number of carbonyl (C=O) groups excluding carboxylic acids is 1. The van der Waals surface area contributed by atoms with Crippen LogP contribution in [0.25, 0.3) is 0 Å². The normalized spacial score (nSPS) is 10.5. The lowest BCUT2D eigenvalue weighted by Crippen LogP contribution is -2.18. The van der Waals surface area contributed by atoms with Gasteiger partial charge in [0.05, 0.1) is 32.5 Å². The highest BCUT2D eigenvalue weighted by atomic mass is 16.6. The predicted octanol–water partition coefficient (Wildman–Crippen LogP) is 2.45. The Hall–Kier alpha value is -3.82. The second-order valence-electron chi connectivity index (χ2n) is 6.01. The number of methoxy groups -OCH3 is 3. The molecule has 0 fully saturated rings. The van der Waals surface area contributed by atoms with Crippen LogP contribution in [0, 0.1) is 10.1 Å². The largest absolute Gasteiger partial charge is 0.493 e. The molecule has 0 aliphatic heterocycles. The van der Waals surface area contributed by atoms with Crippen LogP contribution in [0.1, 0.15) is 15.9 Å². The molecule has 2 rings (SSSR count). The highest BCUT2D eigenvalue weighted by Gasteiger charge is 2.17. The maximum atomic E-state index is 12.4. The van der Waals surface area contributed by atoms with Crippen molar-refractivity contribution < 1.29 is 23.9 Å². The molecule has 1 N–H and O–H groups in total. The molecular weight excluding hydrogens is 380 g/mol. The van der Waals surface area contributed by atoms with Gasteiger partial charge < -0.3 is 19.1 Å². The smallest absolute Gasteiger partial charge is 0.293 e. The predicted molar refractivity (Wildman–Crippen MR) is 109 cm³/mol. The average molecular weight is 402 g/mol. The zero-order chi connectivity index (χ0) is 21.6. The van der Waals surface area contributed by atoms with Gasteiger partial charge in [-0.25, -0.2) is 5.43 Å². The van der Waals surface area contributed by atoms with E-state index in [1.807, 2.05) is 0 Å². The number of benzene rings is 2. The van der Waals surface area contributed by atoms with Crippen LogP contribution in [0.4, 0.5) is 11.4 Å². The number of nitro benzene ring substituents is 1. The van der Waals surface area contributed by atoms with Crippen LogP contribution in [-0.2, 0) is 0 Å². The minimum Gasteiger partial charge on any atom is -0.493 e. The van der Waals surface area contributed by atoms with Crippen molar-refractivity contribution >= 4 is 23.5 Å². The number of carbonyl (C=O) groups is 1. The maximum Gasteiger partial charge on any atom is 0.293 e. The van der Waals surface area contributed by atoms with E-state index >= 15 is 0 Å². The number of nitrogens with zero attached hydrogens (tertiary/aromatic N) is 3. The summed E-state index contributed by atoms with van der Waals surface area (Å²) in [5, 5.41) is 15.1. The van der Waals surface area contributed by atoms with Crippen LogP contribution < -0.4 is 24.5 Å². The molecule has 10 nitrogen and oxygen atoms in total. The molecule has 0 saturated carbocycles. The van der Waals surface area contributed by atoms with Gasteiger partial charge in [0.15, 0.2) is 11.5 Å². The first-order valence-electron chi connectivity index (χ1n) is 8.41. The van der Waals surface area contributed by atoms with E-state index in [1.165, 1.54) is 45.7 Å². The molecule has 0 spiro atoms. The lowest BCUT2D eigenvalue weighted by molar-refractivity contribution is -0.384. The van der Waals surface area contributed by atoms with Crippen LogP contribution in [-0.4, -0.2) is 52.5 Å². The van der Waals surface area contributed by atoms with Crippen molar-refractivity contribution in [3.8, 4) is 17.2 Å². The van der Waals surface area contributed by atoms with E-state index in [9.17, 15) is 14.9 Å². The fraction of sp³-hybridized carbons (Fsp3) is 0.263. The van der Waals surface area contributed by atoms with Crippen molar-refractivity contribution in [3.63, 3.8) is 0 Å². The van der Waals surface area contributed by atoms with Crippen molar-refractivity contribution in [2.24, 2.45) is 5.10 Å². The molecule has 10 heteroatoms. The number of hydrogen-bond donors (Lipinski definition) is 1. The summed E-state index contributed by atoms with van der Waals surface area (Å²) in [6, 6.07) is 7.63. The summed E-state index contributed by atoms with van der Waals surface area (Å²) >= 11 is 0. The molecule has 0 unspecified atom stereocenters. The lowest BCUT2D eigenvalue weighted by atomic mass is 10.1. The van der Waals surface area contributed by atoms with Gasteiger partial charge >= 0.3 is 0 Å². The quantitative estimate of drug-likeness (QED) is 0.410. The first kappa shape index (κ1) is 21.5. The van der Waals surface area contributed by atoms with Crippen molar-refractivity contribution in [2.45, 2.75) is 0 Å². The van der Waals surface area contributed by atoms with E-state index < -0.39 is 10.8 Å². The summed E-state index contributed by atoms with van der Waals surface area (Å²) in [6.07, 6.45) is 1.32. The third-order valence-corrected chi connectivity index (χ3v) is 3.98. The van der Waals surface area contributed by atoms with Gasteiger partial charge in [-0.1, -0.05) is 6.07 Å². The van der Waals surface area contributed by atoms with E-state index in [2.05, 4.69) is 10.5 Å². The van der Waals surface area contributed by atoms with Gasteiger partial charge in [-0.2, -0.15) is 5.10 Å². The highest BCUT2D eigenvalue weighted by molar-refractivity contribution is 5.96. The number of nitrogens with one attached hydrogen (secondary N) is 1.